The van der Waals surface area contributed by atoms with E-state index in [1.165, 1.54) is 6.07 Å². The Balaban J connectivity index is 2.07. The fourth-order valence-electron chi connectivity index (χ4n) is 2.85. The lowest BCUT2D eigenvalue weighted by Gasteiger charge is -2.11. The van der Waals surface area contributed by atoms with Gasteiger partial charge < -0.3 is 5.21 Å². The Labute approximate surface area is 136 Å². The Morgan fingerprint density at radius 2 is 2.00 bits per heavy atom. The SMILES string of the molecule is [O-][N+]1=C(c2ccccc2F)c2cc(Cl)ccc2-n2ccnc2C1. The third-order valence-corrected chi connectivity index (χ3v) is 4.09. The van der Waals surface area contributed by atoms with Gasteiger partial charge in [-0.2, -0.15) is 4.74 Å². The summed E-state index contributed by atoms with van der Waals surface area (Å²) in [6, 6.07) is 11.4. The van der Waals surface area contributed by atoms with Crippen molar-refractivity contribution in [1.82, 2.24) is 9.55 Å². The minimum atomic E-state index is -0.450. The maximum Gasteiger partial charge on any atom is 0.231 e. The molecule has 0 spiro atoms. The van der Waals surface area contributed by atoms with Crippen LogP contribution in [0.2, 0.25) is 5.02 Å². The van der Waals surface area contributed by atoms with Gasteiger partial charge >= 0.3 is 0 Å². The fraction of sp³-hybridized carbons (Fsp3) is 0.0588. The summed E-state index contributed by atoms with van der Waals surface area (Å²) < 4.78 is 16.9. The number of hydrogen-bond acceptors (Lipinski definition) is 2. The highest BCUT2D eigenvalue weighted by Gasteiger charge is 2.28. The quantitative estimate of drug-likeness (QED) is 0.507. The molecule has 3 aromatic rings. The van der Waals surface area contributed by atoms with Crippen LogP contribution in [0.4, 0.5) is 4.39 Å². The van der Waals surface area contributed by atoms with Crippen LogP contribution in [0.25, 0.3) is 5.69 Å². The number of hydroxylamine groups is 1. The molecule has 0 saturated carbocycles. The average Bonchev–Trinajstić information content (AvgIpc) is 2.94. The summed E-state index contributed by atoms with van der Waals surface area (Å²) in [6.07, 6.45) is 3.41. The predicted molar refractivity (Wildman–Crippen MR) is 85.5 cm³/mol. The zero-order chi connectivity index (χ0) is 16.0. The summed E-state index contributed by atoms with van der Waals surface area (Å²) >= 11 is 6.12. The van der Waals surface area contributed by atoms with Gasteiger partial charge in [0.2, 0.25) is 12.3 Å². The second-order valence-corrected chi connectivity index (χ2v) is 5.68. The van der Waals surface area contributed by atoms with Crippen LogP contribution < -0.4 is 0 Å². The fourth-order valence-corrected chi connectivity index (χ4v) is 3.03. The Morgan fingerprint density at radius 3 is 2.83 bits per heavy atom. The first-order valence-electron chi connectivity index (χ1n) is 7.04. The number of fused-ring (bicyclic) bond motifs is 3. The van der Waals surface area contributed by atoms with E-state index in [0.29, 0.717) is 16.4 Å². The molecule has 1 aliphatic heterocycles. The Hall–Kier alpha value is -2.66. The first-order valence-corrected chi connectivity index (χ1v) is 7.42. The summed E-state index contributed by atoms with van der Waals surface area (Å²) in [6.45, 7) is 0.0307. The van der Waals surface area contributed by atoms with Crippen LogP contribution in [0.5, 0.6) is 0 Å². The van der Waals surface area contributed by atoms with Gasteiger partial charge in [0, 0.05) is 17.4 Å². The van der Waals surface area contributed by atoms with E-state index >= 15 is 0 Å². The van der Waals surface area contributed by atoms with Crippen molar-refractivity contribution in [1.29, 1.82) is 0 Å². The standard InChI is InChI=1S/C17H11ClFN3O/c18-11-5-6-15-13(9-11)17(12-3-1-2-4-14(12)19)22(23)10-16-20-7-8-21(15)16/h1-9H,10H2. The van der Waals surface area contributed by atoms with Gasteiger partial charge in [-0.3, -0.25) is 4.57 Å². The molecule has 0 bridgehead atoms. The van der Waals surface area contributed by atoms with Crippen molar-refractivity contribution in [3.8, 4) is 5.69 Å². The van der Waals surface area contributed by atoms with E-state index < -0.39 is 5.82 Å². The summed E-state index contributed by atoms with van der Waals surface area (Å²) in [5, 5.41) is 13.2. The van der Waals surface area contributed by atoms with Crippen LogP contribution in [-0.2, 0) is 6.54 Å². The van der Waals surface area contributed by atoms with Gasteiger partial charge in [0.05, 0.1) is 16.8 Å². The molecule has 2 aromatic carbocycles. The molecule has 0 unspecified atom stereocenters. The van der Waals surface area contributed by atoms with E-state index in [1.54, 1.807) is 42.7 Å². The minimum absolute atomic E-state index is 0.0307. The zero-order valence-electron chi connectivity index (χ0n) is 11.9. The Bertz CT molecular complexity index is 949. The molecular weight excluding hydrogens is 317 g/mol. The van der Waals surface area contributed by atoms with Gasteiger partial charge in [0.1, 0.15) is 5.82 Å². The molecule has 1 aromatic heterocycles. The minimum Gasteiger partial charge on any atom is -0.623 e. The number of imidazole rings is 1. The van der Waals surface area contributed by atoms with Crippen LogP contribution in [0.1, 0.15) is 17.0 Å². The van der Waals surface area contributed by atoms with Crippen LogP contribution in [0.3, 0.4) is 0 Å². The second-order valence-electron chi connectivity index (χ2n) is 5.24. The van der Waals surface area contributed by atoms with Crippen LogP contribution in [0, 0.1) is 11.0 Å². The van der Waals surface area contributed by atoms with Crippen molar-refractivity contribution in [2.24, 2.45) is 0 Å². The Morgan fingerprint density at radius 1 is 1.17 bits per heavy atom. The van der Waals surface area contributed by atoms with Crippen molar-refractivity contribution in [2.75, 3.05) is 0 Å². The molecule has 1 aliphatic rings. The van der Waals surface area contributed by atoms with E-state index in [-0.39, 0.29) is 17.8 Å². The molecule has 0 radical (unpaired) electrons. The lowest BCUT2D eigenvalue weighted by molar-refractivity contribution is -0.475. The largest absolute Gasteiger partial charge is 0.623 e. The van der Waals surface area contributed by atoms with Gasteiger partial charge in [-0.1, -0.05) is 23.7 Å². The van der Waals surface area contributed by atoms with Gasteiger partial charge in [0.25, 0.3) is 0 Å². The molecule has 114 valence electrons. The van der Waals surface area contributed by atoms with Crippen LogP contribution >= 0.6 is 11.6 Å². The maximum absolute atomic E-state index is 14.3. The molecule has 0 aliphatic carbocycles. The van der Waals surface area contributed by atoms with Crippen molar-refractivity contribution in [2.45, 2.75) is 6.54 Å². The second kappa shape index (κ2) is 5.21. The molecular formula is C17H11ClFN3O. The summed E-state index contributed by atoms with van der Waals surface area (Å²) in [7, 11) is 0. The topological polar surface area (TPSA) is 43.9 Å². The lowest BCUT2D eigenvalue weighted by Crippen LogP contribution is -2.19. The maximum atomic E-state index is 14.3. The van der Waals surface area contributed by atoms with Gasteiger partial charge in [-0.15, -0.1) is 0 Å². The highest BCUT2D eigenvalue weighted by molar-refractivity contribution is 6.31. The molecule has 4 rings (SSSR count). The van der Waals surface area contributed by atoms with E-state index in [9.17, 15) is 9.60 Å². The first kappa shape index (κ1) is 14.0. The lowest BCUT2D eigenvalue weighted by atomic mass is 10.00. The summed E-state index contributed by atoms with van der Waals surface area (Å²) in [5.41, 5.74) is 1.83. The molecule has 6 heteroatoms. The van der Waals surface area contributed by atoms with E-state index in [4.69, 9.17) is 11.6 Å². The van der Waals surface area contributed by atoms with Gasteiger partial charge in [0.15, 0.2) is 5.82 Å². The number of hydrogen-bond donors (Lipinski definition) is 0. The molecule has 0 N–H and O–H groups in total. The van der Waals surface area contributed by atoms with Crippen molar-refractivity contribution >= 4 is 17.3 Å². The number of rotatable bonds is 1. The molecule has 0 fully saturated rings. The molecule has 0 atom stereocenters. The highest BCUT2D eigenvalue weighted by Crippen LogP contribution is 2.27. The monoisotopic (exact) mass is 327 g/mol. The molecule has 4 nitrogen and oxygen atoms in total. The van der Waals surface area contributed by atoms with E-state index in [1.807, 2.05) is 10.6 Å². The average molecular weight is 328 g/mol. The molecule has 2 heterocycles. The van der Waals surface area contributed by atoms with E-state index in [0.717, 1.165) is 10.4 Å². The number of aromatic nitrogens is 2. The highest BCUT2D eigenvalue weighted by atomic mass is 35.5. The molecule has 0 amide bonds. The normalized spacial score (nSPS) is 13.5. The van der Waals surface area contributed by atoms with Crippen molar-refractivity contribution in [3.63, 3.8) is 0 Å². The Kier molecular flexibility index (Phi) is 3.16. The predicted octanol–water partition coefficient (Wildman–Crippen LogP) is 3.53. The van der Waals surface area contributed by atoms with E-state index in [2.05, 4.69) is 4.98 Å². The van der Waals surface area contributed by atoms with Crippen LogP contribution in [0.15, 0.2) is 54.9 Å². The third-order valence-electron chi connectivity index (χ3n) is 3.85. The molecule has 23 heavy (non-hydrogen) atoms. The smallest absolute Gasteiger partial charge is 0.231 e. The zero-order valence-corrected chi connectivity index (χ0v) is 12.7. The number of nitrogens with zero attached hydrogens (tertiary/aromatic N) is 3. The van der Waals surface area contributed by atoms with Gasteiger partial charge in [-0.05, 0) is 30.3 Å². The van der Waals surface area contributed by atoms with Gasteiger partial charge in [-0.25, -0.2) is 9.37 Å². The van der Waals surface area contributed by atoms with Crippen LogP contribution in [-0.4, -0.2) is 20.0 Å². The summed E-state index contributed by atoms with van der Waals surface area (Å²) in [4.78, 5) is 4.22. The first-order chi connectivity index (χ1) is 11.1. The summed E-state index contributed by atoms with van der Waals surface area (Å²) in [5.74, 6) is 0.142. The number of halogens is 2. The molecule has 0 saturated heterocycles. The number of benzene rings is 2. The van der Waals surface area contributed by atoms with Crippen molar-refractivity contribution in [3.05, 3.63) is 87.9 Å². The van der Waals surface area contributed by atoms with Crippen molar-refractivity contribution < 1.29 is 9.13 Å². The third kappa shape index (κ3) is 2.21.